The van der Waals surface area contributed by atoms with Crippen molar-refractivity contribution in [2.75, 3.05) is 12.4 Å². The van der Waals surface area contributed by atoms with E-state index in [0.29, 0.717) is 23.3 Å². The van der Waals surface area contributed by atoms with Crippen molar-refractivity contribution in [3.8, 4) is 0 Å². The Morgan fingerprint density at radius 1 is 1.33 bits per heavy atom. The Labute approximate surface area is 175 Å². The number of hydrogen-bond acceptors (Lipinski definition) is 6. The van der Waals surface area contributed by atoms with Gasteiger partial charge in [-0.1, -0.05) is 30.0 Å². The molecule has 1 fully saturated rings. The van der Waals surface area contributed by atoms with Gasteiger partial charge in [0.05, 0.1) is 12.2 Å². The number of rotatable bonds is 2. The molecule has 4 rings (SSSR count). The monoisotopic (exact) mass is 465 g/mol. The number of amidine groups is 1. The topological polar surface area (TPSA) is 63.6 Å². The summed E-state index contributed by atoms with van der Waals surface area (Å²) < 4.78 is 6.97. The van der Waals surface area contributed by atoms with Gasteiger partial charge in [0.2, 0.25) is 0 Å². The van der Waals surface area contributed by atoms with Gasteiger partial charge in [0.15, 0.2) is 5.17 Å². The minimum absolute atomic E-state index is 0.146. The van der Waals surface area contributed by atoms with Crippen LogP contribution in [0.2, 0.25) is 0 Å². The van der Waals surface area contributed by atoms with Crippen LogP contribution in [-0.4, -0.2) is 34.0 Å². The molecule has 1 aromatic carbocycles. The Bertz CT molecular complexity index is 884. The van der Waals surface area contributed by atoms with Crippen molar-refractivity contribution in [3.05, 3.63) is 50.9 Å². The van der Waals surface area contributed by atoms with Crippen molar-refractivity contribution in [2.45, 2.75) is 31.4 Å². The van der Waals surface area contributed by atoms with Crippen molar-refractivity contribution in [1.82, 2.24) is 10.3 Å². The quantitative estimate of drug-likeness (QED) is 0.711. The molecule has 2 aliphatic heterocycles. The Morgan fingerprint density at radius 2 is 2.11 bits per heavy atom. The van der Waals surface area contributed by atoms with Crippen LogP contribution in [0.5, 0.6) is 0 Å². The first-order valence-corrected chi connectivity index (χ1v) is 11.4. The lowest BCUT2D eigenvalue weighted by Gasteiger charge is -2.48. The molecule has 1 N–H and O–H groups in total. The molecule has 3 heterocycles. The molecule has 27 heavy (non-hydrogen) atoms. The van der Waals surface area contributed by atoms with E-state index in [2.05, 4.69) is 40.1 Å². The average molecular weight is 466 g/mol. The average Bonchev–Trinajstić information content (AvgIpc) is 3.09. The highest BCUT2D eigenvalue weighted by atomic mass is 79.9. The minimum Gasteiger partial charge on any atom is -0.373 e. The van der Waals surface area contributed by atoms with Gasteiger partial charge < -0.3 is 10.1 Å². The standard InChI is InChI=1S/C19H20BrN3O2S2/c1-18(2)8-13-9-27-17(22-15(24)12-6-4-3-5-7-12)23-19(13,11-25-18)16-21-14(20)10-26-16/h3-7,10,13H,8-9,11H2,1-2H3,(H,22,23,24)/t13-,19-/m1/s1. The third kappa shape index (κ3) is 3.85. The highest BCUT2D eigenvalue weighted by molar-refractivity contribution is 9.10. The predicted octanol–water partition coefficient (Wildman–Crippen LogP) is 4.45. The fourth-order valence-corrected chi connectivity index (χ4v) is 6.13. The van der Waals surface area contributed by atoms with Gasteiger partial charge in [-0.2, -0.15) is 0 Å². The number of carbonyl (C=O) groups excluding carboxylic acids is 1. The summed E-state index contributed by atoms with van der Waals surface area (Å²) in [5, 5.41) is 6.51. The number of ether oxygens (including phenoxy) is 1. The first-order chi connectivity index (χ1) is 12.9. The van der Waals surface area contributed by atoms with Gasteiger partial charge in [-0.05, 0) is 48.3 Å². The summed E-state index contributed by atoms with van der Waals surface area (Å²) >= 11 is 6.64. The van der Waals surface area contributed by atoms with Gasteiger partial charge in [-0.25, -0.2) is 9.98 Å². The van der Waals surface area contributed by atoms with E-state index in [9.17, 15) is 4.79 Å². The van der Waals surface area contributed by atoms with E-state index >= 15 is 0 Å². The molecule has 5 nitrogen and oxygen atoms in total. The number of thioether (sulfide) groups is 1. The number of aromatic nitrogens is 1. The number of nitrogens with one attached hydrogen (secondary N) is 1. The SMILES string of the molecule is CC1(C)C[C@@H]2CSC(NC(=O)c3ccccc3)=N[C@]2(c2nc(Br)cs2)CO1. The van der Waals surface area contributed by atoms with E-state index in [1.807, 2.05) is 23.6 Å². The summed E-state index contributed by atoms with van der Waals surface area (Å²) in [6, 6.07) is 9.20. The molecule has 0 radical (unpaired) electrons. The molecule has 2 aliphatic rings. The molecule has 0 saturated carbocycles. The number of nitrogens with zero attached hydrogens (tertiary/aromatic N) is 2. The molecular formula is C19H20BrN3O2S2. The van der Waals surface area contributed by atoms with E-state index in [1.54, 1.807) is 35.2 Å². The van der Waals surface area contributed by atoms with Gasteiger partial charge in [0.1, 0.15) is 15.1 Å². The normalized spacial score (nSPS) is 26.8. The van der Waals surface area contributed by atoms with Crippen LogP contribution < -0.4 is 5.32 Å². The predicted molar refractivity (Wildman–Crippen MR) is 113 cm³/mol. The fraction of sp³-hybridized carbons (Fsp3) is 0.421. The summed E-state index contributed by atoms with van der Waals surface area (Å²) in [7, 11) is 0. The third-order valence-corrected chi connectivity index (χ3v) is 7.68. The number of carbonyl (C=O) groups is 1. The molecule has 8 heteroatoms. The maximum atomic E-state index is 12.6. The van der Waals surface area contributed by atoms with Crippen LogP contribution in [0.4, 0.5) is 0 Å². The van der Waals surface area contributed by atoms with E-state index in [1.165, 1.54) is 0 Å². The number of benzene rings is 1. The number of halogens is 1. The van der Waals surface area contributed by atoms with E-state index in [4.69, 9.17) is 9.73 Å². The number of thiazole rings is 1. The van der Waals surface area contributed by atoms with Gasteiger partial charge in [0.25, 0.3) is 5.91 Å². The first-order valence-electron chi connectivity index (χ1n) is 8.72. The molecule has 1 amide bonds. The minimum atomic E-state index is -0.545. The van der Waals surface area contributed by atoms with Gasteiger partial charge >= 0.3 is 0 Å². The maximum Gasteiger partial charge on any atom is 0.257 e. The van der Waals surface area contributed by atoms with Crippen LogP contribution >= 0.6 is 39.0 Å². The van der Waals surface area contributed by atoms with Crippen LogP contribution in [0.15, 0.2) is 45.3 Å². The molecular weight excluding hydrogens is 446 g/mol. The lowest BCUT2D eigenvalue weighted by atomic mass is 9.77. The largest absolute Gasteiger partial charge is 0.373 e. The highest BCUT2D eigenvalue weighted by Gasteiger charge is 2.52. The second-order valence-corrected chi connectivity index (χ2v) is 10.1. The molecule has 0 spiro atoms. The lowest BCUT2D eigenvalue weighted by Crippen LogP contribution is -2.53. The van der Waals surface area contributed by atoms with Crippen molar-refractivity contribution in [3.63, 3.8) is 0 Å². The Kier molecular flexibility index (Phi) is 5.18. The van der Waals surface area contributed by atoms with Crippen LogP contribution in [-0.2, 0) is 10.3 Å². The summed E-state index contributed by atoms with van der Waals surface area (Å²) in [5.41, 5.74) is -0.102. The molecule has 0 bridgehead atoms. The third-order valence-electron chi connectivity index (χ3n) is 4.92. The summed E-state index contributed by atoms with van der Waals surface area (Å²) in [5.74, 6) is 1.03. The highest BCUT2D eigenvalue weighted by Crippen LogP contribution is 2.49. The number of fused-ring (bicyclic) bond motifs is 1. The number of aliphatic imine (C=N–C) groups is 1. The summed E-state index contributed by atoms with van der Waals surface area (Å²) in [6.07, 6.45) is 0.903. The van der Waals surface area contributed by atoms with Crippen molar-refractivity contribution >= 4 is 50.1 Å². The molecule has 2 atom stereocenters. The molecule has 142 valence electrons. The maximum absolute atomic E-state index is 12.6. The first kappa shape index (κ1) is 19.1. The second kappa shape index (κ2) is 7.31. The van der Waals surface area contributed by atoms with E-state index in [0.717, 1.165) is 21.8 Å². The van der Waals surface area contributed by atoms with Gasteiger partial charge in [-0.15, -0.1) is 11.3 Å². The Balaban J connectivity index is 1.67. The smallest absolute Gasteiger partial charge is 0.257 e. The zero-order chi connectivity index (χ0) is 19.1. The van der Waals surface area contributed by atoms with E-state index in [-0.39, 0.29) is 11.5 Å². The number of amides is 1. The van der Waals surface area contributed by atoms with Crippen molar-refractivity contribution in [2.24, 2.45) is 10.9 Å². The van der Waals surface area contributed by atoms with Crippen LogP contribution in [0.25, 0.3) is 0 Å². The van der Waals surface area contributed by atoms with Gasteiger partial charge in [0, 0.05) is 22.6 Å². The molecule has 0 unspecified atom stereocenters. The second-order valence-electron chi connectivity index (χ2n) is 7.40. The zero-order valence-corrected chi connectivity index (χ0v) is 18.3. The molecule has 1 saturated heterocycles. The lowest BCUT2D eigenvalue weighted by molar-refractivity contribution is -0.110. The summed E-state index contributed by atoms with van der Waals surface area (Å²) in [6.45, 7) is 4.71. The zero-order valence-electron chi connectivity index (χ0n) is 15.1. The fourth-order valence-electron chi connectivity index (χ4n) is 3.52. The Hall–Kier alpha value is -1.22. The summed E-state index contributed by atoms with van der Waals surface area (Å²) in [4.78, 5) is 22.2. The molecule has 1 aromatic heterocycles. The van der Waals surface area contributed by atoms with Crippen LogP contribution in [0.1, 0.15) is 35.6 Å². The van der Waals surface area contributed by atoms with Crippen molar-refractivity contribution < 1.29 is 9.53 Å². The Morgan fingerprint density at radius 3 is 2.81 bits per heavy atom. The van der Waals surface area contributed by atoms with Crippen molar-refractivity contribution in [1.29, 1.82) is 0 Å². The van der Waals surface area contributed by atoms with Crippen LogP contribution in [0.3, 0.4) is 0 Å². The molecule has 0 aliphatic carbocycles. The van der Waals surface area contributed by atoms with E-state index < -0.39 is 5.54 Å². The molecule has 2 aromatic rings. The van der Waals surface area contributed by atoms with Crippen LogP contribution in [0, 0.1) is 5.92 Å². The van der Waals surface area contributed by atoms with Gasteiger partial charge in [-0.3, -0.25) is 4.79 Å². The number of hydrogen-bond donors (Lipinski definition) is 1.